The van der Waals surface area contributed by atoms with Gasteiger partial charge in [0, 0.05) is 25.3 Å². The molecule has 0 atom stereocenters. The molecule has 1 N–H and O–H groups in total. The Labute approximate surface area is 106 Å². The Bertz CT molecular complexity index is 328. The van der Waals surface area contributed by atoms with Crippen LogP contribution in [0, 0.1) is 6.92 Å². The highest BCUT2D eigenvalue weighted by molar-refractivity contribution is 5.55. The smallest absolute Gasteiger partial charge is 0.0412 e. The van der Waals surface area contributed by atoms with Crippen molar-refractivity contribution < 1.29 is 0 Å². The zero-order valence-electron chi connectivity index (χ0n) is 11.7. The van der Waals surface area contributed by atoms with Gasteiger partial charge in [-0.1, -0.05) is 31.5 Å². The van der Waals surface area contributed by atoms with Crippen molar-refractivity contribution in [1.29, 1.82) is 0 Å². The highest BCUT2D eigenvalue weighted by atomic mass is 15.1. The molecule has 0 amide bonds. The molecule has 1 aromatic carbocycles. The number of hydrogen-bond donors (Lipinski definition) is 1. The van der Waals surface area contributed by atoms with E-state index >= 15 is 0 Å². The van der Waals surface area contributed by atoms with Crippen LogP contribution in [-0.4, -0.2) is 20.1 Å². The topological polar surface area (TPSA) is 15.3 Å². The molecule has 0 bridgehead atoms. The van der Waals surface area contributed by atoms with E-state index in [0.29, 0.717) is 0 Å². The number of anilines is 1. The molecule has 1 aromatic rings. The van der Waals surface area contributed by atoms with E-state index in [9.17, 15) is 0 Å². The maximum Gasteiger partial charge on any atom is 0.0412 e. The monoisotopic (exact) mass is 234 g/mol. The first-order valence-electron chi connectivity index (χ1n) is 6.72. The third kappa shape index (κ3) is 4.04. The van der Waals surface area contributed by atoms with Gasteiger partial charge in [0.15, 0.2) is 0 Å². The second-order valence-electron chi connectivity index (χ2n) is 4.65. The molecule has 0 radical (unpaired) electrons. The summed E-state index contributed by atoms with van der Waals surface area (Å²) in [5, 5.41) is 3.26. The summed E-state index contributed by atoms with van der Waals surface area (Å²) < 4.78 is 0. The van der Waals surface area contributed by atoms with E-state index in [1.54, 1.807) is 0 Å². The third-order valence-corrected chi connectivity index (χ3v) is 2.93. The number of hydrogen-bond acceptors (Lipinski definition) is 2. The Morgan fingerprint density at radius 1 is 1.12 bits per heavy atom. The third-order valence-electron chi connectivity index (χ3n) is 2.93. The first-order valence-corrected chi connectivity index (χ1v) is 6.72. The summed E-state index contributed by atoms with van der Waals surface area (Å²) in [5.41, 5.74) is 4.15. The summed E-state index contributed by atoms with van der Waals surface area (Å²) >= 11 is 0. The zero-order chi connectivity index (χ0) is 12.7. The molecule has 0 aromatic heterocycles. The van der Waals surface area contributed by atoms with E-state index in [-0.39, 0.29) is 0 Å². The quantitative estimate of drug-likeness (QED) is 0.778. The van der Waals surface area contributed by atoms with Gasteiger partial charge in [-0.3, -0.25) is 0 Å². The molecule has 2 nitrogen and oxygen atoms in total. The predicted molar refractivity (Wildman–Crippen MR) is 76.7 cm³/mol. The number of nitrogens with one attached hydrogen (secondary N) is 1. The molecule has 0 heterocycles. The highest BCUT2D eigenvalue weighted by Crippen LogP contribution is 2.22. The lowest BCUT2D eigenvalue weighted by Crippen LogP contribution is -2.26. The highest BCUT2D eigenvalue weighted by Gasteiger charge is 2.09. The van der Waals surface area contributed by atoms with E-state index in [2.05, 4.69) is 49.2 Å². The summed E-state index contributed by atoms with van der Waals surface area (Å²) in [7, 11) is 2.01. The molecule has 0 fully saturated rings. The largest absolute Gasteiger partial charge is 0.371 e. The molecule has 0 spiro atoms. The predicted octanol–water partition coefficient (Wildman–Crippen LogP) is 3.34. The standard InChI is InChI=1S/C15H26N2/c1-5-9-17(10-6-2)15-8-7-13(3)11-14(15)12-16-4/h7-8,11,16H,5-6,9-10,12H2,1-4H3. The Kier molecular flexibility index (Phi) is 6.06. The van der Waals surface area contributed by atoms with Crippen molar-refractivity contribution in [3.05, 3.63) is 29.3 Å². The molecule has 0 aliphatic carbocycles. The van der Waals surface area contributed by atoms with Crippen molar-refractivity contribution in [2.24, 2.45) is 0 Å². The summed E-state index contributed by atoms with van der Waals surface area (Å²) in [6.07, 6.45) is 2.40. The number of aryl methyl sites for hydroxylation is 1. The first-order chi connectivity index (χ1) is 8.22. The van der Waals surface area contributed by atoms with Gasteiger partial charge in [-0.25, -0.2) is 0 Å². The lowest BCUT2D eigenvalue weighted by Gasteiger charge is -2.26. The molecule has 0 aliphatic heterocycles. The Morgan fingerprint density at radius 3 is 2.29 bits per heavy atom. The van der Waals surface area contributed by atoms with Crippen LogP contribution in [-0.2, 0) is 6.54 Å². The van der Waals surface area contributed by atoms with Crippen LogP contribution in [0.15, 0.2) is 18.2 Å². The van der Waals surface area contributed by atoms with E-state index in [4.69, 9.17) is 0 Å². The summed E-state index contributed by atoms with van der Waals surface area (Å²) in [4.78, 5) is 2.51. The Morgan fingerprint density at radius 2 is 1.76 bits per heavy atom. The lowest BCUT2D eigenvalue weighted by atomic mass is 10.1. The van der Waals surface area contributed by atoms with Gasteiger partial charge in [0.25, 0.3) is 0 Å². The van der Waals surface area contributed by atoms with Crippen LogP contribution in [0.1, 0.15) is 37.8 Å². The zero-order valence-corrected chi connectivity index (χ0v) is 11.7. The molecular weight excluding hydrogens is 208 g/mol. The lowest BCUT2D eigenvalue weighted by molar-refractivity contribution is 0.731. The van der Waals surface area contributed by atoms with E-state index in [1.165, 1.54) is 29.7 Å². The van der Waals surface area contributed by atoms with Crippen LogP contribution in [0.25, 0.3) is 0 Å². The average molecular weight is 234 g/mol. The maximum absolute atomic E-state index is 3.26. The van der Waals surface area contributed by atoms with Gasteiger partial charge in [-0.05, 0) is 38.4 Å². The van der Waals surface area contributed by atoms with Gasteiger partial charge < -0.3 is 10.2 Å². The number of nitrogens with zero attached hydrogens (tertiary/aromatic N) is 1. The molecule has 0 unspecified atom stereocenters. The van der Waals surface area contributed by atoms with Gasteiger partial charge in [0.05, 0.1) is 0 Å². The second-order valence-corrected chi connectivity index (χ2v) is 4.65. The van der Waals surface area contributed by atoms with Gasteiger partial charge in [-0.2, -0.15) is 0 Å². The first kappa shape index (κ1) is 14.0. The summed E-state index contributed by atoms with van der Waals surface area (Å²) in [6, 6.07) is 6.78. The number of benzene rings is 1. The van der Waals surface area contributed by atoms with Crippen molar-refractivity contribution >= 4 is 5.69 Å². The fourth-order valence-corrected chi connectivity index (χ4v) is 2.25. The van der Waals surface area contributed by atoms with Crippen molar-refractivity contribution in [2.45, 2.75) is 40.2 Å². The van der Waals surface area contributed by atoms with E-state index < -0.39 is 0 Å². The second kappa shape index (κ2) is 7.33. The van der Waals surface area contributed by atoms with Crippen LogP contribution in [0.4, 0.5) is 5.69 Å². The van der Waals surface area contributed by atoms with Gasteiger partial charge in [0.2, 0.25) is 0 Å². The maximum atomic E-state index is 3.26. The van der Waals surface area contributed by atoms with Crippen LogP contribution in [0.3, 0.4) is 0 Å². The molecule has 2 heteroatoms. The molecule has 17 heavy (non-hydrogen) atoms. The van der Waals surface area contributed by atoms with Gasteiger partial charge >= 0.3 is 0 Å². The summed E-state index contributed by atoms with van der Waals surface area (Å²) in [5.74, 6) is 0. The molecule has 0 saturated carbocycles. The molecule has 96 valence electrons. The minimum atomic E-state index is 0.945. The average Bonchev–Trinajstić information content (AvgIpc) is 2.30. The fraction of sp³-hybridized carbons (Fsp3) is 0.600. The summed E-state index contributed by atoms with van der Waals surface area (Å²) in [6.45, 7) is 9.89. The van der Waals surface area contributed by atoms with Crippen LogP contribution in [0.2, 0.25) is 0 Å². The van der Waals surface area contributed by atoms with Crippen LogP contribution >= 0.6 is 0 Å². The minimum Gasteiger partial charge on any atom is -0.371 e. The van der Waals surface area contributed by atoms with E-state index in [0.717, 1.165) is 19.6 Å². The van der Waals surface area contributed by atoms with Crippen molar-refractivity contribution in [1.82, 2.24) is 5.32 Å². The minimum absolute atomic E-state index is 0.945. The Balaban J connectivity index is 2.98. The molecule has 1 rings (SSSR count). The van der Waals surface area contributed by atoms with Crippen molar-refractivity contribution in [2.75, 3.05) is 25.0 Å². The molecule has 0 saturated heterocycles. The van der Waals surface area contributed by atoms with Crippen molar-refractivity contribution in [3.8, 4) is 0 Å². The van der Waals surface area contributed by atoms with Gasteiger partial charge in [-0.15, -0.1) is 0 Å². The van der Waals surface area contributed by atoms with Crippen LogP contribution < -0.4 is 10.2 Å². The van der Waals surface area contributed by atoms with Crippen LogP contribution in [0.5, 0.6) is 0 Å². The molecular formula is C15H26N2. The fourth-order valence-electron chi connectivity index (χ4n) is 2.25. The number of rotatable bonds is 7. The molecule has 0 aliphatic rings. The van der Waals surface area contributed by atoms with Gasteiger partial charge in [0.1, 0.15) is 0 Å². The van der Waals surface area contributed by atoms with E-state index in [1.807, 2.05) is 7.05 Å². The van der Waals surface area contributed by atoms with Crippen molar-refractivity contribution in [3.63, 3.8) is 0 Å². The SMILES string of the molecule is CCCN(CCC)c1ccc(C)cc1CNC. The normalized spacial score (nSPS) is 10.6. The Hall–Kier alpha value is -1.02.